The fourth-order valence-corrected chi connectivity index (χ4v) is 2.19. The van der Waals surface area contributed by atoms with Gasteiger partial charge in [-0.3, -0.25) is 19.1 Å². The van der Waals surface area contributed by atoms with Crippen LogP contribution < -0.4 is 21.3 Å². The zero-order chi connectivity index (χ0) is 18.4. The largest absolute Gasteiger partial charge is 0.492 e. The molecule has 0 aliphatic carbocycles. The maximum Gasteiger partial charge on any atom is 0.328 e. The van der Waals surface area contributed by atoms with Crippen molar-refractivity contribution in [1.29, 1.82) is 0 Å². The summed E-state index contributed by atoms with van der Waals surface area (Å²) in [6, 6.07) is 9.05. The Labute approximate surface area is 145 Å². The minimum atomic E-state index is -0.613. The summed E-state index contributed by atoms with van der Waals surface area (Å²) in [5, 5.41) is 2.66. The zero-order valence-corrected chi connectivity index (χ0v) is 14.7. The van der Waals surface area contributed by atoms with Gasteiger partial charge in [0.25, 0.3) is 5.56 Å². The van der Waals surface area contributed by atoms with Crippen molar-refractivity contribution >= 4 is 5.91 Å². The molecule has 0 saturated carbocycles. The Morgan fingerprint density at radius 2 is 1.84 bits per heavy atom. The summed E-state index contributed by atoms with van der Waals surface area (Å²) in [6.45, 7) is 6.92. The van der Waals surface area contributed by atoms with Crippen molar-refractivity contribution in [2.45, 2.75) is 32.7 Å². The molecule has 7 nitrogen and oxygen atoms in total. The predicted octanol–water partition coefficient (Wildman–Crippen LogP) is 1.03. The summed E-state index contributed by atoms with van der Waals surface area (Å²) in [5.74, 6) is 0.403. The Kier molecular flexibility index (Phi) is 5.80. The minimum absolute atomic E-state index is 0.0896. The van der Waals surface area contributed by atoms with E-state index in [9.17, 15) is 14.4 Å². The van der Waals surface area contributed by atoms with Crippen molar-refractivity contribution in [3.8, 4) is 5.75 Å². The van der Waals surface area contributed by atoms with Crippen LogP contribution in [-0.2, 0) is 16.8 Å². The molecule has 25 heavy (non-hydrogen) atoms. The molecule has 0 saturated heterocycles. The third-order valence-corrected chi connectivity index (χ3v) is 3.62. The van der Waals surface area contributed by atoms with Crippen LogP contribution in [0.4, 0.5) is 0 Å². The third kappa shape index (κ3) is 5.63. The molecule has 0 aliphatic heterocycles. The molecule has 0 bridgehead atoms. The normalized spacial score (nSPS) is 11.2. The van der Waals surface area contributed by atoms with Gasteiger partial charge in [-0.15, -0.1) is 0 Å². The average Bonchev–Trinajstić information content (AvgIpc) is 2.54. The second-order valence-corrected chi connectivity index (χ2v) is 6.71. The Balaban J connectivity index is 1.76. The van der Waals surface area contributed by atoms with Crippen molar-refractivity contribution in [1.82, 2.24) is 14.9 Å². The minimum Gasteiger partial charge on any atom is -0.492 e. The van der Waals surface area contributed by atoms with Gasteiger partial charge in [-0.2, -0.15) is 0 Å². The molecule has 2 aromatic rings. The molecular weight excluding hydrogens is 322 g/mol. The van der Waals surface area contributed by atoms with Gasteiger partial charge in [0.1, 0.15) is 18.9 Å². The molecule has 1 aromatic carbocycles. The van der Waals surface area contributed by atoms with E-state index in [1.165, 1.54) is 17.8 Å². The van der Waals surface area contributed by atoms with Crippen LogP contribution in [-0.4, -0.2) is 28.6 Å². The third-order valence-electron chi connectivity index (χ3n) is 3.62. The Bertz CT molecular complexity index is 829. The summed E-state index contributed by atoms with van der Waals surface area (Å²) in [4.78, 5) is 36.3. The Morgan fingerprint density at radius 3 is 2.44 bits per heavy atom. The fourth-order valence-electron chi connectivity index (χ4n) is 2.19. The van der Waals surface area contributed by atoms with Crippen molar-refractivity contribution in [3.05, 3.63) is 62.9 Å². The van der Waals surface area contributed by atoms with Crippen LogP contribution >= 0.6 is 0 Å². The molecule has 134 valence electrons. The first kappa shape index (κ1) is 18.5. The van der Waals surface area contributed by atoms with Gasteiger partial charge >= 0.3 is 5.69 Å². The van der Waals surface area contributed by atoms with Crippen molar-refractivity contribution in [3.63, 3.8) is 0 Å². The van der Waals surface area contributed by atoms with Gasteiger partial charge in [-0.1, -0.05) is 32.9 Å². The van der Waals surface area contributed by atoms with Gasteiger partial charge in [0.2, 0.25) is 5.91 Å². The molecule has 0 aliphatic rings. The maximum atomic E-state index is 11.8. The van der Waals surface area contributed by atoms with Gasteiger partial charge in [0.15, 0.2) is 0 Å². The monoisotopic (exact) mass is 345 g/mol. The number of hydrogen-bond acceptors (Lipinski definition) is 4. The molecule has 0 spiro atoms. The molecule has 0 atom stereocenters. The second kappa shape index (κ2) is 7.83. The molecule has 1 amide bonds. The summed E-state index contributed by atoms with van der Waals surface area (Å²) in [5.41, 5.74) is 0.205. The van der Waals surface area contributed by atoms with Crippen LogP contribution in [0.3, 0.4) is 0 Å². The lowest BCUT2D eigenvalue weighted by molar-refractivity contribution is -0.121. The molecule has 0 fully saturated rings. The SMILES string of the molecule is CC(C)(C)c1ccc(OCCNC(=O)Cn2ccc(=O)[nH]c2=O)cc1. The number of aromatic amines is 1. The summed E-state index contributed by atoms with van der Waals surface area (Å²) in [7, 11) is 0. The highest BCUT2D eigenvalue weighted by molar-refractivity contribution is 5.75. The highest BCUT2D eigenvalue weighted by Gasteiger charge is 2.12. The van der Waals surface area contributed by atoms with Gasteiger partial charge in [0.05, 0.1) is 6.54 Å². The number of hydrogen-bond donors (Lipinski definition) is 2. The first-order valence-electron chi connectivity index (χ1n) is 8.05. The molecule has 0 unspecified atom stereocenters. The number of nitrogens with one attached hydrogen (secondary N) is 2. The average molecular weight is 345 g/mol. The smallest absolute Gasteiger partial charge is 0.328 e. The topological polar surface area (TPSA) is 93.2 Å². The number of ether oxygens (including phenoxy) is 1. The van der Waals surface area contributed by atoms with E-state index < -0.39 is 11.2 Å². The van der Waals surface area contributed by atoms with Crippen molar-refractivity contribution in [2.24, 2.45) is 0 Å². The number of amides is 1. The lowest BCUT2D eigenvalue weighted by Crippen LogP contribution is -2.36. The predicted molar refractivity (Wildman–Crippen MR) is 95.0 cm³/mol. The standard InChI is InChI=1S/C18H23N3O4/c1-18(2,3)13-4-6-14(7-5-13)25-11-9-19-16(23)12-21-10-8-15(22)20-17(21)24/h4-8,10H,9,11-12H2,1-3H3,(H,19,23)(H,20,22,24). The Morgan fingerprint density at radius 1 is 1.16 bits per heavy atom. The van der Waals surface area contributed by atoms with Crippen LogP contribution in [0.25, 0.3) is 0 Å². The summed E-state index contributed by atoms with van der Waals surface area (Å²) in [6.07, 6.45) is 1.29. The van der Waals surface area contributed by atoms with Crippen LogP contribution in [0, 0.1) is 0 Å². The second-order valence-electron chi connectivity index (χ2n) is 6.71. The molecule has 2 N–H and O–H groups in total. The quantitative estimate of drug-likeness (QED) is 0.765. The number of rotatable bonds is 6. The van der Waals surface area contributed by atoms with E-state index in [1.807, 2.05) is 24.3 Å². The van der Waals surface area contributed by atoms with E-state index in [4.69, 9.17) is 4.74 Å². The highest BCUT2D eigenvalue weighted by atomic mass is 16.5. The van der Waals surface area contributed by atoms with E-state index in [-0.39, 0.29) is 17.9 Å². The number of carbonyl (C=O) groups is 1. The molecule has 0 radical (unpaired) electrons. The van der Waals surface area contributed by atoms with Crippen LogP contribution in [0.15, 0.2) is 46.1 Å². The number of aromatic nitrogens is 2. The van der Waals surface area contributed by atoms with Gasteiger partial charge in [0, 0.05) is 12.3 Å². The first-order chi connectivity index (χ1) is 11.8. The molecule has 1 aromatic heterocycles. The van der Waals surface area contributed by atoms with Crippen molar-refractivity contribution in [2.75, 3.05) is 13.2 Å². The lowest BCUT2D eigenvalue weighted by atomic mass is 9.87. The molecular formula is C18H23N3O4. The van der Waals surface area contributed by atoms with Crippen LogP contribution in [0.2, 0.25) is 0 Å². The van der Waals surface area contributed by atoms with Crippen LogP contribution in [0.1, 0.15) is 26.3 Å². The maximum absolute atomic E-state index is 11.8. The van der Waals surface area contributed by atoms with E-state index in [2.05, 4.69) is 31.1 Å². The van der Waals surface area contributed by atoms with Crippen molar-refractivity contribution < 1.29 is 9.53 Å². The number of H-pyrrole nitrogens is 1. The van der Waals surface area contributed by atoms with Gasteiger partial charge < -0.3 is 10.1 Å². The first-order valence-corrected chi connectivity index (χ1v) is 8.05. The summed E-state index contributed by atoms with van der Waals surface area (Å²) < 4.78 is 6.71. The van der Waals surface area contributed by atoms with Gasteiger partial charge in [-0.05, 0) is 23.1 Å². The number of carbonyl (C=O) groups excluding carboxylic acids is 1. The van der Waals surface area contributed by atoms with E-state index >= 15 is 0 Å². The van der Waals surface area contributed by atoms with Crippen LogP contribution in [0.5, 0.6) is 5.75 Å². The van der Waals surface area contributed by atoms with E-state index in [0.29, 0.717) is 13.2 Å². The molecule has 2 rings (SSSR count). The number of benzene rings is 1. The zero-order valence-electron chi connectivity index (χ0n) is 14.7. The molecule has 1 heterocycles. The highest BCUT2D eigenvalue weighted by Crippen LogP contribution is 2.24. The van der Waals surface area contributed by atoms with Gasteiger partial charge in [-0.25, -0.2) is 4.79 Å². The lowest BCUT2D eigenvalue weighted by Gasteiger charge is -2.19. The fraction of sp³-hybridized carbons (Fsp3) is 0.389. The van der Waals surface area contributed by atoms with E-state index in [0.717, 1.165) is 10.3 Å². The van der Waals surface area contributed by atoms with E-state index in [1.54, 1.807) is 0 Å². The summed E-state index contributed by atoms with van der Waals surface area (Å²) >= 11 is 0. The number of nitrogens with zero attached hydrogens (tertiary/aromatic N) is 1. The Hall–Kier alpha value is -2.83. The molecule has 7 heteroatoms.